The Morgan fingerprint density at radius 3 is 2.64 bits per heavy atom. The fraction of sp³-hybridized carbons (Fsp3) is 0.286. The number of aryl methyl sites for hydroxylation is 2. The lowest BCUT2D eigenvalue weighted by atomic mass is 10.1. The number of amides is 1. The SMILES string of the molecule is COc1ccc([C@@H](C)NC(=O)CCc2nnc(-c3ccc(C)cc3)o2)cc1F. The van der Waals surface area contributed by atoms with Gasteiger partial charge in [-0.2, -0.15) is 0 Å². The average molecular weight is 383 g/mol. The molecule has 3 aromatic rings. The topological polar surface area (TPSA) is 77.2 Å². The van der Waals surface area contributed by atoms with E-state index in [0.29, 0.717) is 23.8 Å². The van der Waals surface area contributed by atoms with E-state index in [9.17, 15) is 9.18 Å². The first-order valence-corrected chi connectivity index (χ1v) is 8.98. The summed E-state index contributed by atoms with van der Waals surface area (Å²) in [6, 6.07) is 12.0. The highest BCUT2D eigenvalue weighted by Crippen LogP contribution is 2.22. The van der Waals surface area contributed by atoms with E-state index in [1.54, 1.807) is 19.1 Å². The van der Waals surface area contributed by atoms with E-state index in [4.69, 9.17) is 9.15 Å². The Kier molecular flexibility index (Phi) is 6.03. The number of rotatable bonds is 7. The lowest BCUT2D eigenvalue weighted by Crippen LogP contribution is -2.26. The number of carbonyl (C=O) groups excluding carboxylic acids is 1. The molecule has 2 aromatic carbocycles. The molecule has 0 unspecified atom stereocenters. The first-order valence-electron chi connectivity index (χ1n) is 8.98. The number of nitrogens with zero attached hydrogens (tertiary/aromatic N) is 2. The lowest BCUT2D eigenvalue weighted by molar-refractivity contribution is -0.121. The maximum absolute atomic E-state index is 13.8. The maximum atomic E-state index is 13.8. The molecule has 0 saturated heterocycles. The van der Waals surface area contributed by atoms with E-state index >= 15 is 0 Å². The summed E-state index contributed by atoms with van der Waals surface area (Å²) in [5.74, 6) is 0.351. The Hall–Kier alpha value is -3.22. The van der Waals surface area contributed by atoms with Gasteiger partial charge in [-0.1, -0.05) is 23.8 Å². The summed E-state index contributed by atoms with van der Waals surface area (Å²) in [5.41, 5.74) is 2.64. The third kappa shape index (κ3) is 4.73. The van der Waals surface area contributed by atoms with Gasteiger partial charge in [-0.3, -0.25) is 4.79 Å². The predicted octanol–water partition coefficient (Wildman–Crippen LogP) is 4.00. The van der Waals surface area contributed by atoms with Crippen molar-refractivity contribution in [1.82, 2.24) is 15.5 Å². The summed E-state index contributed by atoms with van der Waals surface area (Å²) >= 11 is 0. The van der Waals surface area contributed by atoms with Crippen LogP contribution in [-0.4, -0.2) is 23.2 Å². The minimum Gasteiger partial charge on any atom is -0.494 e. The second-order valence-corrected chi connectivity index (χ2v) is 6.55. The van der Waals surface area contributed by atoms with Crippen molar-refractivity contribution in [2.24, 2.45) is 0 Å². The van der Waals surface area contributed by atoms with Crippen LogP contribution in [0.1, 0.15) is 36.4 Å². The molecule has 0 aliphatic rings. The minimum atomic E-state index is -0.462. The van der Waals surface area contributed by atoms with Gasteiger partial charge in [0, 0.05) is 18.4 Å². The van der Waals surface area contributed by atoms with Crippen LogP contribution in [0.4, 0.5) is 4.39 Å². The lowest BCUT2D eigenvalue weighted by Gasteiger charge is -2.15. The Morgan fingerprint density at radius 2 is 1.96 bits per heavy atom. The highest BCUT2D eigenvalue weighted by Gasteiger charge is 2.14. The van der Waals surface area contributed by atoms with Gasteiger partial charge in [0.25, 0.3) is 0 Å². The number of nitrogens with one attached hydrogen (secondary N) is 1. The van der Waals surface area contributed by atoms with Crippen LogP contribution < -0.4 is 10.1 Å². The van der Waals surface area contributed by atoms with E-state index in [2.05, 4.69) is 15.5 Å². The van der Waals surface area contributed by atoms with Crippen LogP contribution in [0, 0.1) is 12.7 Å². The van der Waals surface area contributed by atoms with E-state index in [1.807, 2.05) is 31.2 Å². The van der Waals surface area contributed by atoms with Crippen LogP contribution in [0.25, 0.3) is 11.5 Å². The second-order valence-electron chi connectivity index (χ2n) is 6.55. The van der Waals surface area contributed by atoms with Crippen LogP contribution in [0.5, 0.6) is 5.75 Å². The fourth-order valence-corrected chi connectivity index (χ4v) is 2.74. The zero-order chi connectivity index (χ0) is 20.1. The molecule has 0 spiro atoms. The first kappa shape index (κ1) is 19.5. The van der Waals surface area contributed by atoms with E-state index in [-0.39, 0.29) is 24.1 Å². The van der Waals surface area contributed by atoms with Gasteiger partial charge in [0.2, 0.25) is 17.7 Å². The zero-order valence-electron chi connectivity index (χ0n) is 16.0. The third-order valence-corrected chi connectivity index (χ3v) is 4.38. The van der Waals surface area contributed by atoms with E-state index in [0.717, 1.165) is 11.1 Å². The highest BCUT2D eigenvalue weighted by atomic mass is 19.1. The monoisotopic (exact) mass is 383 g/mol. The molecule has 1 atom stereocenters. The molecule has 0 aliphatic heterocycles. The number of methoxy groups -OCH3 is 1. The molecule has 0 aliphatic carbocycles. The molecule has 1 heterocycles. The van der Waals surface area contributed by atoms with Gasteiger partial charge in [-0.05, 0) is 43.7 Å². The molecular weight excluding hydrogens is 361 g/mol. The molecule has 1 N–H and O–H groups in total. The number of carbonyl (C=O) groups is 1. The van der Waals surface area contributed by atoms with Crippen molar-refractivity contribution in [3.8, 4) is 17.2 Å². The van der Waals surface area contributed by atoms with Crippen molar-refractivity contribution in [2.45, 2.75) is 32.7 Å². The normalized spacial score (nSPS) is 11.9. The second kappa shape index (κ2) is 8.65. The number of hydrogen-bond donors (Lipinski definition) is 1. The number of halogens is 1. The summed E-state index contributed by atoms with van der Waals surface area (Å²) < 4.78 is 24.3. The van der Waals surface area contributed by atoms with Crippen molar-refractivity contribution in [2.75, 3.05) is 7.11 Å². The number of ether oxygens (including phenoxy) is 1. The number of aromatic nitrogens is 2. The molecule has 6 nitrogen and oxygen atoms in total. The molecule has 7 heteroatoms. The van der Waals surface area contributed by atoms with Crippen molar-refractivity contribution in [3.63, 3.8) is 0 Å². The summed E-state index contributed by atoms with van der Waals surface area (Å²) in [4.78, 5) is 12.2. The van der Waals surface area contributed by atoms with Crippen molar-refractivity contribution in [1.29, 1.82) is 0 Å². The van der Waals surface area contributed by atoms with E-state index in [1.165, 1.54) is 13.2 Å². The van der Waals surface area contributed by atoms with Gasteiger partial charge in [0.15, 0.2) is 11.6 Å². The molecule has 0 bridgehead atoms. The van der Waals surface area contributed by atoms with Gasteiger partial charge in [0.05, 0.1) is 13.2 Å². The van der Waals surface area contributed by atoms with Crippen molar-refractivity contribution < 1.29 is 18.3 Å². The molecule has 3 rings (SSSR count). The molecular formula is C21H22FN3O3. The van der Waals surface area contributed by atoms with Gasteiger partial charge < -0.3 is 14.5 Å². The molecule has 28 heavy (non-hydrogen) atoms. The third-order valence-electron chi connectivity index (χ3n) is 4.38. The predicted molar refractivity (Wildman–Crippen MR) is 102 cm³/mol. The standard InChI is InChI=1S/C21H22FN3O3/c1-13-4-6-15(7-5-13)21-25-24-20(28-21)11-10-19(26)23-14(2)16-8-9-18(27-3)17(22)12-16/h4-9,12,14H,10-11H2,1-3H3,(H,23,26)/t14-/m1/s1. The largest absolute Gasteiger partial charge is 0.494 e. The Morgan fingerprint density at radius 1 is 1.21 bits per heavy atom. The van der Waals surface area contributed by atoms with Gasteiger partial charge in [0.1, 0.15) is 0 Å². The number of benzene rings is 2. The fourth-order valence-electron chi connectivity index (χ4n) is 2.74. The maximum Gasteiger partial charge on any atom is 0.247 e. The zero-order valence-corrected chi connectivity index (χ0v) is 16.0. The van der Waals surface area contributed by atoms with Crippen LogP contribution in [-0.2, 0) is 11.2 Å². The van der Waals surface area contributed by atoms with Crippen LogP contribution >= 0.6 is 0 Å². The summed E-state index contributed by atoms with van der Waals surface area (Å²) in [6.07, 6.45) is 0.521. The van der Waals surface area contributed by atoms with E-state index < -0.39 is 5.82 Å². The smallest absolute Gasteiger partial charge is 0.247 e. The molecule has 1 amide bonds. The van der Waals surface area contributed by atoms with Crippen molar-refractivity contribution >= 4 is 5.91 Å². The highest BCUT2D eigenvalue weighted by molar-refractivity contribution is 5.76. The average Bonchev–Trinajstić information content (AvgIpc) is 3.16. The molecule has 0 fully saturated rings. The molecule has 0 saturated carbocycles. The Bertz CT molecular complexity index is 954. The Balaban J connectivity index is 1.54. The van der Waals surface area contributed by atoms with Gasteiger partial charge in [-0.25, -0.2) is 4.39 Å². The first-order chi connectivity index (χ1) is 13.5. The molecule has 0 radical (unpaired) electrons. The van der Waals surface area contributed by atoms with Gasteiger partial charge >= 0.3 is 0 Å². The summed E-state index contributed by atoms with van der Waals surface area (Å²) in [6.45, 7) is 3.80. The molecule has 1 aromatic heterocycles. The van der Waals surface area contributed by atoms with Crippen LogP contribution in [0.2, 0.25) is 0 Å². The molecule has 146 valence electrons. The summed E-state index contributed by atoms with van der Waals surface area (Å²) in [7, 11) is 1.41. The van der Waals surface area contributed by atoms with Crippen molar-refractivity contribution in [3.05, 3.63) is 65.3 Å². The van der Waals surface area contributed by atoms with Gasteiger partial charge in [-0.15, -0.1) is 10.2 Å². The van der Waals surface area contributed by atoms with Crippen LogP contribution in [0.15, 0.2) is 46.9 Å². The number of hydrogen-bond acceptors (Lipinski definition) is 5. The minimum absolute atomic E-state index is 0.169. The summed E-state index contributed by atoms with van der Waals surface area (Å²) in [5, 5.41) is 10.9. The van der Waals surface area contributed by atoms with Crippen LogP contribution in [0.3, 0.4) is 0 Å². The quantitative estimate of drug-likeness (QED) is 0.667. The Labute approximate surface area is 162 Å².